The summed E-state index contributed by atoms with van der Waals surface area (Å²) in [4.78, 5) is 14.5. The smallest absolute Gasteiger partial charge is 0.238 e. The maximum Gasteiger partial charge on any atom is 0.238 e. The molecule has 1 saturated heterocycles. The van der Waals surface area contributed by atoms with E-state index in [1.54, 1.807) is 0 Å². The minimum atomic E-state index is -0.502. The highest BCUT2D eigenvalue weighted by Gasteiger charge is 2.29. The maximum absolute atomic E-state index is 13.8. The van der Waals surface area contributed by atoms with Crippen LogP contribution in [0.1, 0.15) is 24.4 Å². The van der Waals surface area contributed by atoms with Gasteiger partial charge in [-0.05, 0) is 55.3 Å². The molecule has 2 aliphatic heterocycles. The Bertz CT molecular complexity index is 861. The van der Waals surface area contributed by atoms with Crippen LogP contribution in [0.3, 0.4) is 0 Å². The number of ether oxygens (including phenoxy) is 2. The maximum atomic E-state index is 13.8. The standard InChI is InChI=1S/C20H20ClFN2O3/c21-14-4-5-15(22)16(11-14)23-20(25)12-24-7-1-2-17(24)13-3-6-18-19(10-13)27-9-8-26-18/h3-6,10-11,17H,1-2,7-9,12H2,(H,23,25)/t17-/m1/s1. The second-order valence-corrected chi connectivity index (χ2v) is 7.14. The Labute approximate surface area is 162 Å². The molecule has 0 saturated carbocycles. The first kappa shape index (κ1) is 18.1. The van der Waals surface area contributed by atoms with Crippen molar-refractivity contribution in [3.05, 3.63) is 52.8 Å². The molecule has 0 unspecified atom stereocenters. The molecule has 2 aromatic carbocycles. The van der Waals surface area contributed by atoms with Crippen LogP contribution in [0, 0.1) is 5.82 Å². The van der Waals surface area contributed by atoms with Crippen LogP contribution in [0.5, 0.6) is 11.5 Å². The first-order valence-electron chi connectivity index (χ1n) is 8.98. The van der Waals surface area contributed by atoms with Gasteiger partial charge in [-0.2, -0.15) is 0 Å². The lowest BCUT2D eigenvalue weighted by molar-refractivity contribution is -0.117. The number of likely N-dealkylation sites (tertiary alicyclic amines) is 1. The van der Waals surface area contributed by atoms with Gasteiger partial charge in [0.2, 0.25) is 5.91 Å². The number of anilines is 1. The van der Waals surface area contributed by atoms with Crippen molar-refractivity contribution in [1.82, 2.24) is 4.90 Å². The molecule has 1 amide bonds. The third-order valence-electron chi connectivity index (χ3n) is 4.86. The lowest BCUT2D eigenvalue weighted by Crippen LogP contribution is -2.33. The number of nitrogens with zero attached hydrogens (tertiary/aromatic N) is 1. The van der Waals surface area contributed by atoms with E-state index in [9.17, 15) is 9.18 Å². The number of benzene rings is 2. The summed E-state index contributed by atoms with van der Waals surface area (Å²) >= 11 is 5.88. The Kier molecular flexibility index (Phi) is 5.18. The average Bonchev–Trinajstić information content (AvgIpc) is 3.12. The normalized spacial score (nSPS) is 19.1. The number of fused-ring (bicyclic) bond motifs is 1. The highest BCUT2D eigenvalue weighted by molar-refractivity contribution is 6.30. The molecule has 7 heteroatoms. The molecule has 0 aromatic heterocycles. The molecular formula is C20H20ClFN2O3. The molecule has 0 aliphatic carbocycles. The van der Waals surface area contributed by atoms with Crippen LogP contribution in [0.2, 0.25) is 5.02 Å². The molecule has 0 spiro atoms. The molecule has 2 heterocycles. The van der Waals surface area contributed by atoms with E-state index in [1.807, 2.05) is 18.2 Å². The van der Waals surface area contributed by atoms with E-state index in [-0.39, 0.29) is 24.2 Å². The molecule has 1 atom stereocenters. The molecule has 1 N–H and O–H groups in total. The fourth-order valence-corrected chi connectivity index (χ4v) is 3.80. The molecule has 27 heavy (non-hydrogen) atoms. The molecule has 0 radical (unpaired) electrons. The number of carbonyl (C=O) groups excluding carboxylic acids is 1. The van der Waals surface area contributed by atoms with Crippen molar-refractivity contribution in [2.45, 2.75) is 18.9 Å². The van der Waals surface area contributed by atoms with E-state index in [0.29, 0.717) is 18.2 Å². The van der Waals surface area contributed by atoms with Crippen molar-refractivity contribution in [2.75, 3.05) is 31.6 Å². The van der Waals surface area contributed by atoms with E-state index in [1.165, 1.54) is 18.2 Å². The summed E-state index contributed by atoms with van der Waals surface area (Å²) in [5.41, 5.74) is 1.20. The third kappa shape index (κ3) is 4.01. The van der Waals surface area contributed by atoms with Crippen molar-refractivity contribution in [3.8, 4) is 11.5 Å². The van der Waals surface area contributed by atoms with Gasteiger partial charge in [-0.25, -0.2) is 4.39 Å². The second-order valence-electron chi connectivity index (χ2n) is 6.70. The summed E-state index contributed by atoms with van der Waals surface area (Å²) in [6, 6.07) is 10.2. The van der Waals surface area contributed by atoms with Gasteiger partial charge in [-0.15, -0.1) is 0 Å². The van der Waals surface area contributed by atoms with Gasteiger partial charge in [0.25, 0.3) is 0 Å². The van der Waals surface area contributed by atoms with Crippen molar-refractivity contribution in [2.24, 2.45) is 0 Å². The summed E-state index contributed by atoms with van der Waals surface area (Å²) in [5, 5.41) is 2.99. The molecule has 2 aliphatic rings. The number of amides is 1. The molecule has 5 nitrogen and oxygen atoms in total. The van der Waals surface area contributed by atoms with E-state index in [0.717, 1.165) is 36.4 Å². The van der Waals surface area contributed by atoms with Gasteiger partial charge in [0.1, 0.15) is 19.0 Å². The van der Waals surface area contributed by atoms with Crippen molar-refractivity contribution in [3.63, 3.8) is 0 Å². The Morgan fingerprint density at radius 2 is 2.00 bits per heavy atom. The molecular weight excluding hydrogens is 371 g/mol. The molecule has 0 bridgehead atoms. The Hall–Kier alpha value is -2.31. The SMILES string of the molecule is O=C(CN1CCC[C@@H]1c1ccc2c(c1)OCCO2)Nc1cc(Cl)ccc1F. The van der Waals surface area contributed by atoms with Gasteiger partial charge < -0.3 is 14.8 Å². The molecule has 4 rings (SSSR count). The van der Waals surface area contributed by atoms with Gasteiger partial charge in [0, 0.05) is 11.1 Å². The molecule has 1 fully saturated rings. The van der Waals surface area contributed by atoms with Gasteiger partial charge in [0.05, 0.1) is 12.2 Å². The Balaban J connectivity index is 1.45. The predicted octanol–water partition coefficient (Wildman–Crippen LogP) is 4.03. The zero-order chi connectivity index (χ0) is 18.8. The summed E-state index contributed by atoms with van der Waals surface area (Å²) in [7, 11) is 0. The molecule has 142 valence electrons. The summed E-state index contributed by atoms with van der Waals surface area (Å²) in [5.74, 6) is 0.734. The number of rotatable bonds is 4. The van der Waals surface area contributed by atoms with Crippen LogP contribution in [0.25, 0.3) is 0 Å². The minimum Gasteiger partial charge on any atom is -0.486 e. The van der Waals surface area contributed by atoms with Gasteiger partial charge in [-0.3, -0.25) is 9.69 Å². The van der Waals surface area contributed by atoms with Crippen LogP contribution < -0.4 is 14.8 Å². The average molecular weight is 391 g/mol. The van der Waals surface area contributed by atoms with Crippen LogP contribution in [0.4, 0.5) is 10.1 Å². The highest BCUT2D eigenvalue weighted by atomic mass is 35.5. The van der Waals surface area contributed by atoms with Crippen LogP contribution >= 0.6 is 11.6 Å². The zero-order valence-electron chi connectivity index (χ0n) is 14.7. The van der Waals surface area contributed by atoms with E-state index in [4.69, 9.17) is 21.1 Å². The number of hydrogen-bond donors (Lipinski definition) is 1. The second kappa shape index (κ2) is 7.74. The van der Waals surface area contributed by atoms with Crippen molar-refractivity contribution in [1.29, 1.82) is 0 Å². The highest BCUT2D eigenvalue weighted by Crippen LogP contribution is 2.38. The predicted molar refractivity (Wildman–Crippen MR) is 101 cm³/mol. The van der Waals surface area contributed by atoms with E-state index < -0.39 is 5.82 Å². The number of hydrogen-bond acceptors (Lipinski definition) is 4. The van der Waals surface area contributed by atoms with Crippen LogP contribution in [0.15, 0.2) is 36.4 Å². The van der Waals surface area contributed by atoms with Crippen molar-refractivity contribution >= 4 is 23.2 Å². The zero-order valence-corrected chi connectivity index (χ0v) is 15.5. The van der Waals surface area contributed by atoms with Crippen LogP contribution in [-0.4, -0.2) is 37.1 Å². The van der Waals surface area contributed by atoms with Crippen molar-refractivity contribution < 1.29 is 18.7 Å². The Morgan fingerprint density at radius 1 is 1.19 bits per heavy atom. The quantitative estimate of drug-likeness (QED) is 0.856. The van der Waals surface area contributed by atoms with Gasteiger partial charge in [0.15, 0.2) is 11.5 Å². The topological polar surface area (TPSA) is 50.8 Å². The van der Waals surface area contributed by atoms with Gasteiger partial charge in [-0.1, -0.05) is 17.7 Å². The summed E-state index contributed by atoms with van der Waals surface area (Å²) in [6.07, 6.45) is 1.95. The molecule has 2 aromatic rings. The number of carbonyl (C=O) groups is 1. The minimum absolute atomic E-state index is 0.0996. The third-order valence-corrected chi connectivity index (χ3v) is 5.10. The fourth-order valence-electron chi connectivity index (χ4n) is 3.63. The monoisotopic (exact) mass is 390 g/mol. The Morgan fingerprint density at radius 3 is 2.85 bits per heavy atom. The van der Waals surface area contributed by atoms with Gasteiger partial charge >= 0.3 is 0 Å². The summed E-state index contributed by atoms with van der Waals surface area (Å²) < 4.78 is 25.1. The van der Waals surface area contributed by atoms with E-state index in [2.05, 4.69) is 10.2 Å². The first-order chi connectivity index (χ1) is 13.1. The fraction of sp³-hybridized carbons (Fsp3) is 0.350. The summed E-state index contributed by atoms with van der Waals surface area (Å²) in [6.45, 7) is 2.09. The van der Waals surface area contributed by atoms with E-state index >= 15 is 0 Å². The lowest BCUT2D eigenvalue weighted by Gasteiger charge is -2.26. The largest absolute Gasteiger partial charge is 0.486 e. The lowest BCUT2D eigenvalue weighted by atomic mass is 10.0. The van der Waals surface area contributed by atoms with Crippen LogP contribution in [-0.2, 0) is 4.79 Å². The number of nitrogens with one attached hydrogen (secondary N) is 1. The first-order valence-corrected chi connectivity index (χ1v) is 9.36. The number of halogens is 2.